The van der Waals surface area contributed by atoms with Gasteiger partial charge in [-0.3, -0.25) is 4.79 Å². The molecular formula is C14H12F2N2O. The fourth-order valence-electron chi connectivity index (χ4n) is 2.07. The van der Waals surface area contributed by atoms with E-state index in [-0.39, 0.29) is 28.3 Å². The molecule has 1 heterocycles. The molecule has 0 unspecified atom stereocenters. The number of benzene rings is 1. The summed E-state index contributed by atoms with van der Waals surface area (Å²) in [4.78, 5) is 18.8. The molecule has 1 aliphatic carbocycles. The molecule has 0 radical (unpaired) electrons. The Morgan fingerprint density at radius 2 is 1.89 bits per heavy atom. The molecule has 0 bridgehead atoms. The number of halogens is 2. The molecule has 0 amide bonds. The van der Waals surface area contributed by atoms with E-state index < -0.39 is 11.6 Å². The van der Waals surface area contributed by atoms with Crippen molar-refractivity contribution < 1.29 is 8.78 Å². The van der Waals surface area contributed by atoms with Gasteiger partial charge < -0.3 is 4.98 Å². The van der Waals surface area contributed by atoms with E-state index in [1.165, 1.54) is 13.0 Å². The molecular weight excluding hydrogens is 250 g/mol. The predicted octanol–water partition coefficient (Wildman–Crippen LogP) is 2.90. The highest BCUT2D eigenvalue weighted by atomic mass is 19.1. The van der Waals surface area contributed by atoms with Crippen LogP contribution < -0.4 is 5.56 Å². The Hall–Kier alpha value is -2.04. The molecule has 1 aromatic carbocycles. The lowest BCUT2D eigenvalue weighted by molar-refractivity contribution is 0.588. The first-order valence-corrected chi connectivity index (χ1v) is 6.13. The summed E-state index contributed by atoms with van der Waals surface area (Å²) in [5, 5.41) is 0. The average Bonchev–Trinajstić information content (AvgIpc) is 3.18. The summed E-state index contributed by atoms with van der Waals surface area (Å²) >= 11 is 0. The van der Waals surface area contributed by atoms with Gasteiger partial charge in [0.2, 0.25) is 0 Å². The quantitative estimate of drug-likeness (QED) is 0.904. The minimum absolute atomic E-state index is 0.0984. The molecule has 2 aromatic rings. The predicted molar refractivity (Wildman–Crippen MR) is 66.9 cm³/mol. The van der Waals surface area contributed by atoms with Crippen molar-refractivity contribution >= 4 is 0 Å². The molecule has 0 spiro atoms. The summed E-state index contributed by atoms with van der Waals surface area (Å²) in [5.41, 5.74) is -0.239. The van der Waals surface area contributed by atoms with Crippen molar-refractivity contribution in [3.05, 3.63) is 51.6 Å². The second kappa shape index (κ2) is 4.26. The highest BCUT2D eigenvalue weighted by Gasteiger charge is 2.28. The van der Waals surface area contributed by atoms with Gasteiger partial charge in [-0.1, -0.05) is 6.07 Å². The minimum Gasteiger partial charge on any atom is -0.310 e. The molecule has 1 aromatic heterocycles. The summed E-state index contributed by atoms with van der Waals surface area (Å²) in [5.74, 6) is -0.680. The zero-order valence-electron chi connectivity index (χ0n) is 10.3. The summed E-state index contributed by atoms with van der Waals surface area (Å²) < 4.78 is 27.6. The maximum Gasteiger partial charge on any atom is 0.254 e. The topological polar surface area (TPSA) is 45.8 Å². The monoisotopic (exact) mass is 262 g/mol. The molecule has 0 atom stereocenters. The molecule has 5 heteroatoms. The third kappa shape index (κ3) is 2.05. The zero-order chi connectivity index (χ0) is 13.6. The molecule has 98 valence electrons. The van der Waals surface area contributed by atoms with Crippen LogP contribution in [0.25, 0.3) is 11.3 Å². The number of hydrogen-bond acceptors (Lipinski definition) is 2. The first-order valence-electron chi connectivity index (χ1n) is 6.13. The smallest absolute Gasteiger partial charge is 0.254 e. The maximum atomic E-state index is 13.8. The van der Waals surface area contributed by atoms with Gasteiger partial charge in [0.1, 0.15) is 17.5 Å². The first kappa shape index (κ1) is 12.0. The molecule has 1 saturated carbocycles. The Labute approximate surface area is 108 Å². The van der Waals surface area contributed by atoms with Crippen molar-refractivity contribution in [1.29, 1.82) is 0 Å². The lowest BCUT2D eigenvalue weighted by atomic mass is 10.1. The van der Waals surface area contributed by atoms with Gasteiger partial charge >= 0.3 is 0 Å². The van der Waals surface area contributed by atoms with Gasteiger partial charge in [0.05, 0.1) is 11.3 Å². The third-order valence-corrected chi connectivity index (χ3v) is 3.33. The standard InChI is InChI=1S/C14H12F2N2O/c1-7-12(11-9(15)3-2-4-10(11)16)17-13(8-5-6-8)18-14(7)19/h2-4,8H,5-6H2,1H3,(H,17,18,19). The molecule has 1 fully saturated rings. The number of hydrogen-bond donors (Lipinski definition) is 1. The highest BCUT2D eigenvalue weighted by Crippen LogP contribution is 2.38. The fraction of sp³-hybridized carbons (Fsp3) is 0.286. The molecule has 0 aliphatic heterocycles. The van der Waals surface area contributed by atoms with Crippen molar-refractivity contribution in [2.75, 3.05) is 0 Å². The number of nitrogens with one attached hydrogen (secondary N) is 1. The largest absolute Gasteiger partial charge is 0.310 e. The van der Waals surface area contributed by atoms with Crippen molar-refractivity contribution in [1.82, 2.24) is 9.97 Å². The van der Waals surface area contributed by atoms with E-state index in [1.54, 1.807) is 0 Å². The van der Waals surface area contributed by atoms with Crippen LogP contribution in [0, 0.1) is 18.6 Å². The zero-order valence-corrected chi connectivity index (χ0v) is 10.3. The van der Waals surface area contributed by atoms with Crippen LogP contribution in [0.2, 0.25) is 0 Å². The van der Waals surface area contributed by atoms with E-state index in [2.05, 4.69) is 9.97 Å². The third-order valence-electron chi connectivity index (χ3n) is 3.33. The second-order valence-electron chi connectivity index (χ2n) is 4.80. The fourth-order valence-corrected chi connectivity index (χ4v) is 2.07. The molecule has 1 aliphatic rings. The van der Waals surface area contributed by atoms with Gasteiger partial charge in [-0.2, -0.15) is 0 Å². The van der Waals surface area contributed by atoms with Gasteiger partial charge in [0.15, 0.2) is 0 Å². The van der Waals surface area contributed by atoms with E-state index in [0.29, 0.717) is 5.82 Å². The van der Waals surface area contributed by atoms with Gasteiger partial charge in [-0.25, -0.2) is 13.8 Å². The summed E-state index contributed by atoms with van der Waals surface area (Å²) in [6.07, 6.45) is 1.90. The number of aromatic nitrogens is 2. The summed E-state index contributed by atoms with van der Waals surface area (Å²) in [6, 6.07) is 3.62. The van der Waals surface area contributed by atoms with Gasteiger partial charge in [-0.05, 0) is 31.9 Å². The Balaban J connectivity index is 2.27. The van der Waals surface area contributed by atoms with Crippen LogP contribution in [0.4, 0.5) is 8.78 Å². The van der Waals surface area contributed by atoms with Crippen molar-refractivity contribution in [2.24, 2.45) is 0 Å². The Morgan fingerprint density at radius 3 is 2.47 bits per heavy atom. The SMILES string of the molecule is Cc1c(-c2c(F)cccc2F)nc(C2CC2)[nH]c1=O. The minimum atomic E-state index is -0.706. The van der Waals surface area contributed by atoms with Crippen LogP contribution >= 0.6 is 0 Å². The van der Waals surface area contributed by atoms with Crippen molar-refractivity contribution in [3.8, 4) is 11.3 Å². The first-order chi connectivity index (χ1) is 9.08. The molecule has 3 rings (SSSR count). The van der Waals surface area contributed by atoms with Gasteiger partial charge in [0, 0.05) is 11.5 Å². The van der Waals surface area contributed by atoms with E-state index in [9.17, 15) is 13.6 Å². The Morgan fingerprint density at radius 1 is 1.26 bits per heavy atom. The van der Waals surface area contributed by atoms with E-state index >= 15 is 0 Å². The Kier molecular flexibility index (Phi) is 2.69. The van der Waals surface area contributed by atoms with Crippen LogP contribution in [-0.4, -0.2) is 9.97 Å². The average molecular weight is 262 g/mol. The summed E-state index contributed by atoms with van der Waals surface area (Å²) in [7, 11) is 0. The second-order valence-corrected chi connectivity index (χ2v) is 4.80. The van der Waals surface area contributed by atoms with Gasteiger partial charge in [0.25, 0.3) is 5.56 Å². The molecule has 1 N–H and O–H groups in total. The number of rotatable bonds is 2. The molecule has 19 heavy (non-hydrogen) atoms. The van der Waals surface area contributed by atoms with Crippen LogP contribution in [0.3, 0.4) is 0 Å². The normalized spacial score (nSPS) is 14.7. The van der Waals surface area contributed by atoms with E-state index in [1.807, 2.05) is 0 Å². The number of H-pyrrole nitrogens is 1. The summed E-state index contributed by atoms with van der Waals surface area (Å²) in [6.45, 7) is 1.52. The van der Waals surface area contributed by atoms with Crippen LogP contribution in [-0.2, 0) is 0 Å². The van der Waals surface area contributed by atoms with Gasteiger partial charge in [-0.15, -0.1) is 0 Å². The lowest BCUT2D eigenvalue weighted by Crippen LogP contribution is -2.16. The lowest BCUT2D eigenvalue weighted by Gasteiger charge is -2.09. The maximum absolute atomic E-state index is 13.8. The number of nitrogens with zero attached hydrogens (tertiary/aromatic N) is 1. The number of aromatic amines is 1. The van der Waals surface area contributed by atoms with Crippen LogP contribution in [0.15, 0.2) is 23.0 Å². The molecule has 3 nitrogen and oxygen atoms in total. The molecule has 0 saturated heterocycles. The Bertz CT molecular complexity index is 685. The van der Waals surface area contributed by atoms with Crippen molar-refractivity contribution in [2.45, 2.75) is 25.7 Å². The van der Waals surface area contributed by atoms with Crippen molar-refractivity contribution in [3.63, 3.8) is 0 Å². The van der Waals surface area contributed by atoms with E-state index in [4.69, 9.17) is 0 Å². The van der Waals surface area contributed by atoms with E-state index in [0.717, 1.165) is 25.0 Å². The van der Waals surface area contributed by atoms with Crippen LogP contribution in [0.1, 0.15) is 30.1 Å². The highest BCUT2D eigenvalue weighted by molar-refractivity contribution is 5.64. The van der Waals surface area contributed by atoms with Crippen LogP contribution in [0.5, 0.6) is 0 Å².